The van der Waals surface area contributed by atoms with Gasteiger partial charge in [0.1, 0.15) is 0 Å². The molecule has 0 aromatic heterocycles. The van der Waals surface area contributed by atoms with Gasteiger partial charge in [-0.2, -0.15) is 0 Å². The molecule has 0 fully saturated rings. The van der Waals surface area contributed by atoms with E-state index in [-0.39, 0.29) is 5.41 Å². The van der Waals surface area contributed by atoms with Crippen molar-refractivity contribution in [3.63, 3.8) is 0 Å². The van der Waals surface area contributed by atoms with Crippen molar-refractivity contribution in [2.45, 2.75) is 32.1 Å². The summed E-state index contributed by atoms with van der Waals surface area (Å²) in [6.07, 6.45) is 0.698. The van der Waals surface area contributed by atoms with Gasteiger partial charge in [0.15, 0.2) is 0 Å². The third-order valence-electron chi connectivity index (χ3n) is 3.25. The van der Waals surface area contributed by atoms with Gasteiger partial charge in [-0.15, -0.1) is 0 Å². The number of nitrogens with zero attached hydrogens (tertiary/aromatic N) is 1. The average molecular weight is 284 g/mol. The molecule has 2 N–H and O–H groups in total. The lowest BCUT2D eigenvalue weighted by Crippen LogP contribution is -2.40. The van der Waals surface area contributed by atoms with Gasteiger partial charge < -0.3 is 5.73 Å². The zero-order valence-corrected chi connectivity index (χ0v) is 13.0. The SMILES string of the molecule is CCc1ccccc1S(=O)(=O)N(C)CC(C)(C)CN. The van der Waals surface area contributed by atoms with Crippen LogP contribution in [0.3, 0.4) is 0 Å². The van der Waals surface area contributed by atoms with E-state index in [0.29, 0.717) is 24.4 Å². The van der Waals surface area contributed by atoms with Crippen LogP contribution >= 0.6 is 0 Å². The van der Waals surface area contributed by atoms with Gasteiger partial charge in [0.25, 0.3) is 0 Å². The van der Waals surface area contributed by atoms with Crippen LogP contribution in [0.5, 0.6) is 0 Å². The van der Waals surface area contributed by atoms with Crippen molar-refractivity contribution in [2.24, 2.45) is 11.1 Å². The van der Waals surface area contributed by atoms with Gasteiger partial charge in [0.05, 0.1) is 4.90 Å². The smallest absolute Gasteiger partial charge is 0.243 e. The summed E-state index contributed by atoms with van der Waals surface area (Å²) in [4.78, 5) is 0.396. The largest absolute Gasteiger partial charge is 0.330 e. The molecule has 0 aliphatic rings. The average Bonchev–Trinajstić information content (AvgIpc) is 2.38. The first-order chi connectivity index (χ1) is 8.74. The van der Waals surface area contributed by atoms with E-state index in [1.165, 1.54) is 4.31 Å². The molecule has 0 aliphatic heterocycles. The second-order valence-corrected chi connectivity index (χ2v) is 7.60. The molecule has 0 saturated carbocycles. The number of sulfonamides is 1. The quantitative estimate of drug-likeness (QED) is 0.867. The Bertz CT molecular complexity index is 524. The fourth-order valence-electron chi connectivity index (χ4n) is 1.97. The number of hydrogen-bond donors (Lipinski definition) is 1. The van der Waals surface area contributed by atoms with Crippen molar-refractivity contribution in [3.05, 3.63) is 29.8 Å². The van der Waals surface area contributed by atoms with Crippen LogP contribution in [-0.4, -0.2) is 32.9 Å². The highest BCUT2D eigenvalue weighted by molar-refractivity contribution is 7.89. The topological polar surface area (TPSA) is 63.4 Å². The van der Waals surface area contributed by atoms with Gasteiger partial charge >= 0.3 is 0 Å². The minimum Gasteiger partial charge on any atom is -0.330 e. The molecular formula is C14H24N2O2S. The van der Waals surface area contributed by atoms with Gasteiger partial charge in [0, 0.05) is 13.6 Å². The summed E-state index contributed by atoms with van der Waals surface area (Å²) < 4.78 is 26.6. The summed E-state index contributed by atoms with van der Waals surface area (Å²) in [7, 11) is -1.84. The van der Waals surface area contributed by atoms with E-state index in [1.807, 2.05) is 32.9 Å². The molecule has 0 radical (unpaired) electrons. The first-order valence-corrected chi connectivity index (χ1v) is 7.93. The van der Waals surface area contributed by atoms with Crippen molar-refractivity contribution >= 4 is 10.0 Å². The Hall–Kier alpha value is -0.910. The highest BCUT2D eigenvalue weighted by Gasteiger charge is 2.28. The summed E-state index contributed by atoms with van der Waals surface area (Å²) >= 11 is 0. The third kappa shape index (κ3) is 3.78. The van der Waals surface area contributed by atoms with Crippen molar-refractivity contribution in [3.8, 4) is 0 Å². The number of hydrogen-bond acceptors (Lipinski definition) is 3. The van der Waals surface area contributed by atoms with E-state index in [2.05, 4.69) is 0 Å². The molecule has 108 valence electrons. The van der Waals surface area contributed by atoms with Gasteiger partial charge in [-0.05, 0) is 30.0 Å². The van der Waals surface area contributed by atoms with E-state index >= 15 is 0 Å². The molecule has 0 spiro atoms. The lowest BCUT2D eigenvalue weighted by Gasteiger charge is -2.29. The number of nitrogens with two attached hydrogens (primary N) is 1. The number of benzene rings is 1. The lowest BCUT2D eigenvalue weighted by atomic mass is 9.94. The van der Waals surface area contributed by atoms with Crippen molar-refractivity contribution in [1.82, 2.24) is 4.31 Å². The maximum Gasteiger partial charge on any atom is 0.243 e. The van der Waals surface area contributed by atoms with Crippen LogP contribution in [0.4, 0.5) is 0 Å². The minimum atomic E-state index is -3.45. The van der Waals surface area contributed by atoms with Crippen LogP contribution in [0, 0.1) is 5.41 Å². The van der Waals surface area contributed by atoms with Crippen LogP contribution in [0.15, 0.2) is 29.2 Å². The maximum atomic E-state index is 12.6. The van der Waals surface area contributed by atoms with E-state index < -0.39 is 10.0 Å². The molecule has 5 heteroatoms. The van der Waals surface area contributed by atoms with E-state index in [1.54, 1.807) is 19.2 Å². The van der Waals surface area contributed by atoms with Crippen LogP contribution in [0.2, 0.25) is 0 Å². The van der Waals surface area contributed by atoms with Gasteiger partial charge in [-0.1, -0.05) is 39.0 Å². The molecule has 0 saturated heterocycles. The van der Waals surface area contributed by atoms with Crippen LogP contribution in [0.25, 0.3) is 0 Å². The summed E-state index contributed by atoms with van der Waals surface area (Å²) in [5.74, 6) is 0. The first kappa shape index (κ1) is 16.1. The van der Waals surface area contributed by atoms with Crippen LogP contribution in [0.1, 0.15) is 26.3 Å². The molecule has 0 amide bonds. The predicted octanol–water partition coefficient (Wildman–Crippen LogP) is 1.85. The van der Waals surface area contributed by atoms with Crippen LogP contribution < -0.4 is 5.73 Å². The zero-order valence-electron chi connectivity index (χ0n) is 12.2. The molecular weight excluding hydrogens is 260 g/mol. The third-order valence-corrected chi connectivity index (χ3v) is 5.15. The van der Waals surface area contributed by atoms with E-state index in [9.17, 15) is 8.42 Å². The molecule has 0 bridgehead atoms. The molecule has 1 aromatic carbocycles. The Balaban J connectivity index is 3.10. The Morgan fingerprint density at radius 3 is 2.37 bits per heavy atom. The Kier molecular flexibility index (Phi) is 5.12. The Morgan fingerprint density at radius 2 is 1.84 bits per heavy atom. The monoisotopic (exact) mass is 284 g/mol. The Morgan fingerprint density at radius 1 is 1.26 bits per heavy atom. The van der Waals surface area contributed by atoms with Crippen molar-refractivity contribution in [1.29, 1.82) is 0 Å². The van der Waals surface area contributed by atoms with Crippen molar-refractivity contribution in [2.75, 3.05) is 20.1 Å². The molecule has 1 aromatic rings. The number of aryl methyl sites for hydroxylation is 1. The van der Waals surface area contributed by atoms with Crippen molar-refractivity contribution < 1.29 is 8.42 Å². The molecule has 0 heterocycles. The van der Waals surface area contributed by atoms with Crippen LogP contribution in [-0.2, 0) is 16.4 Å². The van der Waals surface area contributed by atoms with E-state index in [4.69, 9.17) is 5.73 Å². The second-order valence-electron chi connectivity index (χ2n) is 5.59. The summed E-state index contributed by atoms with van der Waals surface area (Å²) in [5, 5.41) is 0. The van der Waals surface area contributed by atoms with E-state index in [0.717, 1.165) is 5.56 Å². The molecule has 19 heavy (non-hydrogen) atoms. The molecule has 0 aliphatic carbocycles. The minimum absolute atomic E-state index is 0.233. The molecule has 0 unspecified atom stereocenters. The molecule has 0 atom stereocenters. The van der Waals surface area contributed by atoms with Gasteiger partial charge in [-0.3, -0.25) is 0 Å². The summed E-state index contributed by atoms with van der Waals surface area (Å²) in [6.45, 7) is 6.74. The predicted molar refractivity (Wildman–Crippen MR) is 78.5 cm³/mol. The normalized spacial score (nSPS) is 12.9. The molecule has 1 rings (SSSR count). The fourth-order valence-corrected chi connectivity index (χ4v) is 3.62. The first-order valence-electron chi connectivity index (χ1n) is 6.49. The zero-order chi connectivity index (χ0) is 14.7. The standard InChI is InChI=1S/C14H24N2O2S/c1-5-12-8-6-7-9-13(12)19(17,18)16(4)11-14(2,3)10-15/h6-9H,5,10-11,15H2,1-4H3. The summed E-state index contributed by atoms with van der Waals surface area (Å²) in [5.41, 5.74) is 6.29. The Labute approximate surface area is 116 Å². The number of rotatable bonds is 6. The highest BCUT2D eigenvalue weighted by Crippen LogP contribution is 2.23. The van der Waals surface area contributed by atoms with Gasteiger partial charge in [-0.25, -0.2) is 12.7 Å². The molecule has 4 nitrogen and oxygen atoms in total. The second kappa shape index (κ2) is 6.03. The summed E-state index contributed by atoms with van der Waals surface area (Å²) in [6, 6.07) is 7.14. The highest BCUT2D eigenvalue weighted by atomic mass is 32.2. The fraction of sp³-hybridized carbons (Fsp3) is 0.571. The maximum absolute atomic E-state index is 12.6. The van der Waals surface area contributed by atoms with Gasteiger partial charge in [0.2, 0.25) is 10.0 Å². The lowest BCUT2D eigenvalue weighted by molar-refractivity contribution is 0.292.